The third-order valence-corrected chi connectivity index (χ3v) is 14.7. The standard InChI is InChI=1S/C17H29N3O2S.C17H18N2O2S.C13H15F4NO/c1-5-13-11-17(13,12(2)23(22)20(4)14-8-9-14)18-16(21)15-7-6-10-19(15)3;1-9(2)13-8-22-17(19-13)12-7-14(20)11-5-6-15(21-4)10(3)16(11)18-12;1-12(2,3)11(7-19)18-8-4-5-10(14)9(6-8)13(15,16)17/h13-15H,2,5-11H2,1,3-4H3,(H,18,21);5-9H,1-4H3,(H,18,20);4-7,11,18H,1-3H3/t13?,15?,17-,23?;;/m0../s1. The molecule has 3 aliphatic rings. The molecule has 2 aromatic carbocycles. The Morgan fingerprint density at radius 3 is 2.38 bits per heavy atom. The Morgan fingerprint density at radius 1 is 1.17 bits per heavy atom. The number of anilines is 1. The van der Waals surface area contributed by atoms with Gasteiger partial charge >= 0.3 is 6.18 Å². The molecule has 1 aliphatic heterocycles. The molecule has 1 amide bonds. The lowest BCUT2D eigenvalue weighted by Gasteiger charge is -2.28. The van der Waals surface area contributed by atoms with E-state index in [0.29, 0.717) is 40.5 Å². The number of aldehydes is 1. The maximum absolute atomic E-state index is 13.1. The van der Waals surface area contributed by atoms with Crippen LogP contribution in [-0.4, -0.2) is 87.0 Å². The number of fused-ring (bicyclic) bond motifs is 1. The molecular weight excluding hydrogens is 869 g/mol. The number of likely N-dealkylation sites (tertiary alicyclic amines) is 1. The van der Waals surface area contributed by atoms with E-state index in [0.717, 1.165) is 84.4 Å². The van der Waals surface area contributed by atoms with E-state index in [1.807, 2.05) is 36.8 Å². The number of nitrogens with one attached hydrogen (secondary N) is 3. The fourth-order valence-corrected chi connectivity index (χ4v) is 10.1. The number of aryl methyl sites for hydroxylation is 1. The second-order valence-electron chi connectivity index (χ2n) is 18.3. The van der Waals surface area contributed by atoms with Crippen molar-refractivity contribution in [1.29, 1.82) is 0 Å². The van der Waals surface area contributed by atoms with E-state index < -0.39 is 45.5 Å². The number of rotatable bonds is 13. The van der Waals surface area contributed by atoms with E-state index in [1.165, 1.54) is 6.07 Å². The van der Waals surface area contributed by atoms with E-state index in [-0.39, 0.29) is 23.1 Å². The Bertz CT molecular complexity index is 2410. The molecule has 3 fully saturated rings. The summed E-state index contributed by atoms with van der Waals surface area (Å²) in [5, 5.41) is 9.46. The quantitative estimate of drug-likeness (QED) is 0.0892. The normalized spacial score (nSPS) is 20.8. The predicted octanol–water partition coefficient (Wildman–Crippen LogP) is 9.60. The monoisotopic (exact) mass is 930 g/mol. The van der Waals surface area contributed by atoms with Gasteiger partial charge in [-0.05, 0) is 100 Å². The molecule has 2 saturated carbocycles. The lowest BCUT2D eigenvalue weighted by molar-refractivity contribution is -0.140. The Labute approximate surface area is 380 Å². The highest BCUT2D eigenvalue weighted by Gasteiger charge is 2.59. The highest BCUT2D eigenvalue weighted by atomic mass is 32.2. The summed E-state index contributed by atoms with van der Waals surface area (Å²) in [5.41, 5.74) is 1.32. The van der Waals surface area contributed by atoms with Gasteiger partial charge in [-0.1, -0.05) is 54.5 Å². The van der Waals surface area contributed by atoms with Gasteiger partial charge in [-0.25, -0.2) is 17.9 Å². The molecule has 1 saturated heterocycles. The zero-order valence-electron chi connectivity index (χ0n) is 38.4. The molecule has 4 aromatic rings. The number of carbonyl (C=O) groups excluding carboxylic acids is 2. The molecule has 350 valence electrons. The number of methoxy groups -OCH3 is 1. The van der Waals surface area contributed by atoms with Gasteiger partial charge in [-0.2, -0.15) is 13.2 Å². The SMILES string of the molecule is C=C(S(=O)N(C)C1CC1)[C@@]1(NC(=O)C2CCCN2C)CC1CC.CC(C)(C)C(C=O)Nc1ccc(F)c(C(F)(F)F)c1.COc1ccc2c(=O)cc(-c3nc(C(C)C)cs3)[nH]c2c1C. The summed E-state index contributed by atoms with van der Waals surface area (Å²) < 4.78 is 70.8. The van der Waals surface area contributed by atoms with Crippen LogP contribution in [0.25, 0.3) is 21.6 Å². The fourth-order valence-electron chi connectivity index (χ4n) is 7.75. The van der Waals surface area contributed by atoms with Crippen LogP contribution in [0.2, 0.25) is 0 Å². The van der Waals surface area contributed by atoms with Crippen molar-refractivity contribution >= 4 is 51.1 Å². The second-order valence-corrected chi connectivity index (χ2v) is 20.7. The van der Waals surface area contributed by atoms with Crippen molar-refractivity contribution in [2.45, 2.75) is 123 Å². The number of alkyl halides is 3. The van der Waals surface area contributed by atoms with Crippen molar-refractivity contribution in [3.8, 4) is 16.5 Å². The van der Waals surface area contributed by atoms with Crippen molar-refractivity contribution in [3.63, 3.8) is 0 Å². The smallest absolute Gasteiger partial charge is 0.419 e. The molecule has 17 heteroatoms. The highest BCUT2D eigenvalue weighted by molar-refractivity contribution is 7.86. The minimum Gasteiger partial charge on any atom is -0.496 e. The molecule has 0 bridgehead atoms. The second kappa shape index (κ2) is 20.4. The molecule has 5 atom stereocenters. The van der Waals surface area contributed by atoms with Crippen LogP contribution in [0.5, 0.6) is 5.75 Å². The predicted molar refractivity (Wildman–Crippen MR) is 248 cm³/mol. The molecule has 2 aliphatic carbocycles. The van der Waals surface area contributed by atoms with Gasteiger partial charge in [0.1, 0.15) is 33.8 Å². The number of thiazole rings is 1. The molecule has 64 heavy (non-hydrogen) atoms. The van der Waals surface area contributed by atoms with Crippen LogP contribution in [0.15, 0.2) is 58.1 Å². The van der Waals surface area contributed by atoms with Crippen LogP contribution < -0.4 is 20.8 Å². The zero-order chi connectivity index (χ0) is 47.5. The number of aromatic nitrogens is 2. The van der Waals surface area contributed by atoms with Crippen LogP contribution in [0.3, 0.4) is 0 Å². The largest absolute Gasteiger partial charge is 0.496 e. The number of amides is 1. The van der Waals surface area contributed by atoms with Crippen LogP contribution in [0.4, 0.5) is 23.2 Å². The summed E-state index contributed by atoms with van der Waals surface area (Å²) in [4.78, 5) is 46.8. The number of likely N-dealkylation sites (N-methyl/N-ethyl adjacent to an activating group) is 1. The van der Waals surface area contributed by atoms with Crippen LogP contribution in [0.1, 0.15) is 103 Å². The first kappa shape index (κ1) is 50.5. The molecule has 0 spiro atoms. The van der Waals surface area contributed by atoms with Crippen molar-refractivity contribution in [2.24, 2.45) is 11.3 Å². The number of aromatic amines is 1. The third-order valence-electron chi connectivity index (χ3n) is 12.2. The van der Waals surface area contributed by atoms with Gasteiger partial charge in [0.2, 0.25) is 5.91 Å². The molecule has 7 rings (SSSR count). The van der Waals surface area contributed by atoms with Gasteiger partial charge in [-0.15, -0.1) is 11.3 Å². The number of halogens is 4. The average molecular weight is 931 g/mol. The lowest BCUT2D eigenvalue weighted by atomic mass is 9.87. The maximum Gasteiger partial charge on any atom is 0.419 e. The van der Waals surface area contributed by atoms with E-state index in [1.54, 1.807) is 51.4 Å². The number of benzene rings is 2. The van der Waals surface area contributed by atoms with Crippen molar-refractivity contribution in [3.05, 3.63) is 86.1 Å². The summed E-state index contributed by atoms with van der Waals surface area (Å²) in [6, 6.07) is 7.52. The van der Waals surface area contributed by atoms with Crippen molar-refractivity contribution < 1.29 is 36.1 Å². The molecule has 3 heterocycles. The first-order chi connectivity index (χ1) is 30.0. The summed E-state index contributed by atoms with van der Waals surface area (Å²) in [6.45, 7) is 18.7. The highest BCUT2D eigenvalue weighted by Crippen LogP contribution is 2.52. The van der Waals surface area contributed by atoms with Gasteiger partial charge in [0, 0.05) is 41.2 Å². The number of nitrogens with zero attached hydrogens (tertiary/aromatic N) is 3. The van der Waals surface area contributed by atoms with E-state index in [4.69, 9.17) is 4.74 Å². The number of pyridine rings is 1. The van der Waals surface area contributed by atoms with Crippen LogP contribution in [-0.2, 0) is 26.8 Å². The Balaban J connectivity index is 0.000000182. The number of ether oxygens (including phenoxy) is 1. The van der Waals surface area contributed by atoms with Crippen molar-refractivity contribution in [1.82, 2.24) is 24.5 Å². The maximum atomic E-state index is 13.1. The first-order valence-electron chi connectivity index (χ1n) is 21.6. The summed E-state index contributed by atoms with van der Waals surface area (Å²) in [5.74, 6) is 0.244. The summed E-state index contributed by atoms with van der Waals surface area (Å²) >= 11 is 1.55. The van der Waals surface area contributed by atoms with Gasteiger partial charge in [0.25, 0.3) is 0 Å². The number of hydrogen-bond donors (Lipinski definition) is 3. The average Bonchev–Trinajstić information content (AvgIpc) is 4.10. The fraction of sp³-hybridized carbons (Fsp3) is 0.532. The van der Waals surface area contributed by atoms with E-state index >= 15 is 0 Å². The molecule has 4 unspecified atom stereocenters. The molecule has 0 radical (unpaired) electrons. The van der Waals surface area contributed by atoms with Gasteiger partial charge in [0.15, 0.2) is 5.43 Å². The van der Waals surface area contributed by atoms with E-state index in [9.17, 15) is 36.2 Å². The van der Waals surface area contributed by atoms with Crippen LogP contribution >= 0.6 is 11.3 Å². The number of hydrogen-bond acceptors (Lipinski definition) is 9. The Hall–Kier alpha value is -4.45. The summed E-state index contributed by atoms with van der Waals surface area (Å²) in [6.07, 6.45) is 1.90. The third kappa shape index (κ3) is 11.7. The first-order valence-corrected chi connectivity index (χ1v) is 23.6. The van der Waals surface area contributed by atoms with Crippen LogP contribution in [0, 0.1) is 24.1 Å². The minimum absolute atomic E-state index is 0.00389. The molecule has 3 N–H and O–H groups in total. The minimum atomic E-state index is -4.76. The van der Waals surface area contributed by atoms with E-state index in [2.05, 4.69) is 52.9 Å². The topological polar surface area (TPSA) is 137 Å². The number of carbonyl (C=O) groups is 2. The van der Waals surface area contributed by atoms with Gasteiger partial charge < -0.3 is 25.1 Å². The zero-order valence-corrected chi connectivity index (χ0v) is 40.0. The van der Waals surface area contributed by atoms with Gasteiger partial charge in [-0.3, -0.25) is 14.5 Å². The van der Waals surface area contributed by atoms with Gasteiger partial charge in [0.05, 0.1) is 52.1 Å². The summed E-state index contributed by atoms with van der Waals surface area (Å²) in [7, 11) is 4.32. The molecule has 2 aromatic heterocycles. The molecule has 11 nitrogen and oxygen atoms in total. The Kier molecular flexibility index (Phi) is 16.1. The Morgan fingerprint density at radius 2 is 1.86 bits per heavy atom. The number of H-pyrrole nitrogens is 1. The molecular formula is C47H62F4N6O5S2. The van der Waals surface area contributed by atoms with Crippen molar-refractivity contribution in [2.75, 3.05) is 33.1 Å². The lowest BCUT2D eigenvalue weighted by Crippen LogP contribution is -2.49.